The van der Waals surface area contributed by atoms with Gasteiger partial charge >= 0.3 is 0 Å². The molecule has 4 rings (SSSR count). The van der Waals surface area contributed by atoms with E-state index in [-0.39, 0.29) is 5.91 Å². The number of amides is 1. The SMILES string of the molecule is COc1ccc(NC(=O)CCSc2nnc(CNc3ccc(Cl)cc3)n2-c2ccccc2)cc1. The van der Waals surface area contributed by atoms with Crippen LogP contribution in [0.3, 0.4) is 0 Å². The van der Waals surface area contributed by atoms with Crippen molar-refractivity contribution in [1.82, 2.24) is 14.8 Å². The lowest BCUT2D eigenvalue weighted by molar-refractivity contribution is -0.115. The van der Waals surface area contributed by atoms with Crippen LogP contribution >= 0.6 is 23.4 Å². The lowest BCUT2D eigenvalue weighted by Gasteiger charge is -2.11. The highest BCUT2D eigenvalue weighted by Crippen LogP contribution is 2.24. The molecule has 34 heavy (non-hydrogen) atoms. The maximum atomic E-state index is 12.4. The third-order valence-electron chi connectivity index (χ3n) is 4.94. The van der Waals surface area contributed by atoms with Gasteiger partial charge in [0.25, 0.3) is 0 Å². The van der Waals surface area contributed by atoms with Crippen LogP contribution in [-0.2, 0) is 11.3 Å². The number of anilines is 2. The number of hydrogen-bond donors (Lipinski definition) is 2. The van der Waals surface area contributed by atoms with Gasteiger partial charge < -0.3 is 15.4 Å². The van der Waals surface area contributed by atoms with Gasteiger partial charge in [-0.1, -0.05) is 41.6 Å². The smallest absolute Gasteiger partial charge is 0.225 e. The molecule has 7 nitrogen and oxygen atoms in total. The Labute approximate surface area is 207 Å². The zero-order chi connectivity index (χ0) is 23.8. The fourth-order valence-corrected chi connectivity index (χ4v) is 4.26. The summed E-state index contributed by atoms with van der Waals surface area (Å²) in [5, 5.41) is 16.5. The Morgan fingerprint density at radius 2 is 1.68 bits per heavy atom. The third kappa shape index (κ3) is 6.30. The summed E-state index contributed by atoms with van der Waals surface area (Å²) in [5.74, 6) is 2.02. The van der Waals surface area contributed by atoms with Gasteiger partial charge in [0.1, 0.15) is 5.75 Å². The minimum Gasteiger partial charge on any atom is -0.497 e. The second kappa shape index (κ2) is 11.6. The summed E-state index contributed by atoms with van der Waals surface area (Å²) < 4.78 is 7.15. The number of thioether (sulfide) groups is 1. The average Bonchev–Trinajstić information content (AvgIpc) is 3.27. The molecule has 0 aliphatic rings. The maximum absolute atomic E-state index is 12.4. The number of rotatable bonds is 10. The Bertz CT molecular complexity index is 1210. The van der Waals surface area contributed by atoms with Crippen LogP contribution in [0.2, 0.25) is 5.02 Å². The maximum Gasteiger partial charge on any atom is 0.225 e. The number of aromatic nitrogens is 3. The van der Waals surface area contributed by atoms with Crippen molar-refractivity contribution in [2.24, 2.45) is 0 Å². The van der Waals surface area contributed by atoms with Gasteiger partial charge in [0.05, 0.1) is 13.7 Å². The fraction of sp³-hybridized carbons (Fsp3) is 0.160. The Balaban J connectivity index is 1.40. The number of carbonyl (C=O) groups is 1. The van der Waals surface area contributed by atoms with Crippen LogP contribution in [0.5, 0.6) is 5.75 Å². The molecule has 0 radical (unpaired) electrons. The van der Waals surface area contributed by atoms with Crippen LogP contribution in [0.25, 0.3) is 5.69 Å². The van der Waals surface area contributed by atoms with Crippen molar-refractivity contribution in [1.29, 1.82) is 0 Å². The number of nitrogens with zero attached hydrogens (tertiary/aromatic N) is 3. The van der Waals surface area contributed by atoms with Crippen molar-refractivity contribution in [3.63, 3.8) is 0 Å². The van der Waals surface area contributed by atoms with Crippen molar-refractivity contribution < 1.29 is 9.53 Å². The molecule has 0 saturated carbocycles. The van der Waals surface area contributed by atoms with E-state index in [9.17, 15) is 4.79 Å². The zero-order valence-electron chi connectivity index (χ0n) is 18.6. The molecule has 1 amide bonds. The van der Waals surface area contributed by atoms with Gasteiger partial charge in [-0.05, 0) is 60.7 Å². The van der Waals surface area contributed by atoms with Gasteiger partial charge in [-0.3, -0.25) is 9.36 Å². The minimum atomic E-state index is -0.0620. The van der Waals surface area contributed by atoms with Crippen LogP contribution in [0.4, 0.5) is 11.4 Å². The standard InChI is InChI=1S/C25H24ClN5O2S/c1-33-22-13-11-20(12-14-22)28-24(32)15-16-34-25-30-29-23(31(25)21-5-3-2-4-6-21)17-27-19-9-7-18(26)8-10-19/h2-14,27H,15-17H2,1H3,(H,28,32). The van der Waals surface area contributed by atoms with Gasteiger partial charge in [-0.2, -0.15) is 0 Å². The molecule has 0 unspecified atom stereocenters. The molecule has 174 valence electrons. The number of methoxy groups -OCH3 is 1. The molecule has 0 aliphatic heterocycles. The summed E-state index contributed by atoms with van der Waals surface area (Å²) in [7, 11) is 1.61. The molecule has 0 aliphatic carbocycles. The van der Waals surface area contributed by atoms with E-state index in [0.29, 0.717) is 23.7 Å². The van der Waals surface area contributed by atoms with E-state index in [0.717, 1.165) is 33.8 Å². The summed E-state index contributed by atoms with van der Waals surface area (Å²) >= 11 is 7.47. The molecule has 0 spiro atoms. The molecule has 3 aromatic carbocycles. The molecular weight excluding hydrogens is 470 g/mol. The largest absolute Gasteiger partial charge is 0.497 e. The van der Waals surface area contributed by atoms with Gasteiger partial charge in [0.15, 0.2) is 11.0 Å². The molecule has 0 fully saturated rings. The van der Waals surface area contributed by atoms with Crippen molar-refractivity contribution in [3.05, 3.63) is 89.7 Å². The van der Waals surface area contributed by atoms with E-state index in [1.54, 1.807) is 7.11 Å². The van der Waals surface area contributed by atoms with Gasteiger partial charge in [0.2, 0.25) is 5.91 Å². The Morgan fingerprint density at radius 3 is 2.38 bits per heavy atom. The quantitative estimate of drug-likeness (QED) is 0.277. The molecule has 0 atom stereocenters. The van der Waals surface area contributed by atoms with Gasteiger partial charge in [0, 0.05) is 34.3 Å². The normalized spacial score (nSPS) is 10.6. The van der Waals surface area contributed by atoms with Crippen molar-refractivity contribution >= 4 is 40.6 Å². The average molecular weight is 494 g/mol. The Hall–Kier alpha value is -3.49. The first-order chi connectivity index (χ1) is 16.6. The molecule has 4 aromatic rings. The summed E-state index contributed by atoms with van der Waals surface area (Å²) in [4.78, 5) is 12.4. The number of ether oxygens (including phenoxy) is 1. The molecular formula is C25H24ClN5O2S. The predicted molar refractivity (Wildman–Crippen MR) is 137 cm³/mol. The Morgan fingerprint density at radius 1 is 0.971 bits per heavy atom. The van der Waals surface area contributed by atoms with E-state index in [2.05, 4.69) is 20.8 Å². The Kier molecular flexibility index (Phi) is 8.06. The number of nitrogens with one attached hydrogen (secondary N) is 2. The van der Waals surface area contributed by atoms with Crippen molar-refractivity contribution in [2.75, 3.05) is 23.5 Å². The summed E-state index contributed by atoms with van der Waals surface area (Å²) in [6.07, 6.45) is 0.344. The van der Waals surface area contributed by atoms with Crippen molar-refractivity contribution in [2.45, 2.75) is 18.1 Å². The van der Waals surface area contributed by atoms with Gasteiger partial charge in [-0.15, -0.1) is 10.2 Å². The van der Waals surface area contributed by atoms with E-state index in [1.807, 2.05) is 83.4 Å². The van der Waals surface area contributed by atoms with Gasteiger partial charge in [-0.25, -0.2) is 0 Å². The first kappa shape index (κ1) is 23.7. The first-order valence-electron chi connectivity index (χ1n) is 10.7. The van der Waals surface area contributed by atoms with Crippen LogP contribution in [0, 0.1) is 0 Å². The van der Waals surface area contributed by atoms with E-state index in [4.69, 9.17) is 16.3 Å². The lowest BCUT2D eigenvalue weighted by Crippen LogP contribution is -2.12. The number of benzene rings is 3. The van der Waals surface area contributed by atoms with E-state index >= 15 is 0 Å². The second-order valence-electron chi connectivity index (χ2n) is 7.31. The highest BCUT2D eigenvalue weighted by molar-refractivity contribution is 7.99. The van der Waals surface area contributed by atoms with Crippen LogP contribution in [-0.4, -0.2) is 33.5 Å². The molecule has 2 N–H and O–H groups in total. The van der Waals surface area contributed by atoms with E-state index in [1.165, 1.54) is 11.8 Å². The number of para-hydroxylation sites is 1. The molecule has 0 bridgehead atoms. The third-order valence-corrected chi connectivity index (χ3v) is 6.13. The zero-order valence-corrected chi connectivity index (χ0v) is 20.1. The number of carbonyl (C=O) groups excluding carboxylic acids is 1. The van der Waals surface area contributed by atoms with Crippen LogP contribution < -0.4 is 15.4 Å². The topological polar surface area (TPSA) is 81.1 Å². The number of halogens is 1. The molecule has 1 aromatic heterocycles. The lowest BCUT2D eigenvalue weighted by atomic mass is 10.3. The molecule has 1 heterocycles. The predicted octanol–water partition coefficient (Wildman–Crippen LogP) is 5.66. The highest BCUT2D eigenvalue weighted by Gasteiger charge is 2.15. The highest BCUT2D eigenvalue weighted by atomic mass is 35.5. The fourth-order valence-electron chi connectivity index (χ4n) is 3.23. The molecule has 9 heteroatoms. The molecule has 0 saturated heterocycles. The summed E-state index contributed by atoms with van der Waals surface area (Å²) in [5.41, 5.74) is 2.64. The monoisotopic (exact) mass is 493 g/mol. The van der Waals surface area contributed by atoms with Crippen molar-refractivity contribution in [3.8, 4) is 11.4 Å². The van der Waals surface area contributed by atoms with Crippen LogP contribution in [0.15, 0.2) is 84.0 Å². The van der Waals surface area contributed by atoms with Crippen LogP contribution in [0.1, 0.15) is 12.2 Å². The summed E-state index contributed by atoms with van der Waals surface area (Å²) in [6.45, 7) is 0.488. The summed E-state index contributed by atoms with van der Waals surface area (Å²) in [6, 6.07) is 24.7. The first-order valence-corrected chi connectivity index (χ1v) is 12.0. The second-order valence-corrected chi connectivity index (χ2v) is 8.80. The number of hydrogen-bond acceptors (Lipinski definition) is 6. The van der Waals surface area contributed by atoms with E-state index < -0.39 is 0 Å². The minimum absolute atomic E-state index is 0.0620.